The Kier molecular flexibility index (Phi) is 5.18. The lowest BCUT2D eigenvalue weighted by molar-refractivity contribution is -0.121. The molecule has 0 aliphatic carbocycles. The van der Waals surface area contributed by atoms with Crippen LogP contribution in [0.1, 0.15) is 37.3 Å². The van der Waals surface area contributed by atoms with Crippen molar-refractivity contribution in [3.63, 3.8) is 0 Å². The minimum atomic E-state index is 0.164. The van der Waals surface area contributed by atoms with Crippen molar-refractivity contribution in [3.05, 3.63) is 35.4 Å². The average Bonchev–Trinajstić information content (AvgIpc) is 2.45. The molecule has 3 nitrogen and oxygen atoms in total. The molecule has 110 valence electrons. The van der Waals surface area contributed by atoms with E-state index in [1.54, 1.807) is 0 Å². The molecule has 1 heterocycles. The van der Waals surface area contributed by atoms with Gasteiger partial charge in [-0.2, -0.15) is 0 Å². The first-order valence-electron chi connectivity index (χ1n) is 7.60. The highest BCUT2D eigenvalue weighted by Gasteiger charge is 2.26. The molecule has 1 amide bonds. The van der Waals surface area contributed by atoms with Crippen LogP contribution in [0.4, 0.5) is 0 Å². The summed E-state index contributed by atoms with van der Waals surface area (Å²) in [5.74, 6) is 0.164. The van der Waals surface area contributed by atoms with Crippen LogP contribution >= 0.6 is 0 Å². The summed E-state index contributed by atoms with van der Waals surface area (Å²) in [6.07, 6.45) is 3.79. The van der Waals surface area contributed by atoms with Gasteiger partial charge in [0.1, 0.15) is 0 Å². The van der Waals surface area contributed by atoms with Gasteiger partial charge in [-0.15, -0.1) is 0 Å². The Labute approximate surface area is 122 Å². The molecule has 0 spiro atoms. The molecule has 1 aliphatic rings. The van der Waals surface area contributed by atoms with Crippen LogP contribution in [0.25, 0.3) is 0 Å². The summed E-state index contributed by atoms with van der Waals surface area (Å²) >= 11 is 0. The molecule has 1 saturated heterocycles. The number of carbonyl (C=O) groups is 1. The first kappa shape index (κ1) is 15.0. The van der Waals surface area contributed by atoms with E-state index in [0.717, 1.165) is 26.1 Å². The van der Waals surface area contributed by atoms with E-state index in [0.29, 0.717) is 6.42 Å². The lowest BCUT2D eigenvalue weighted by Gasteiger charge is -2.34. The number of benzene rings is 1. The van der Waals surface area contributed by atoms with Crippen LogP contribution in [-0.4, -0.2) is 25.5 Å². The predicted molar refractivity (Wildman–Crippen MR) is 82.7 cm³/mol. The zero-order valence-corrected chi connectivity index (χ0v) is 12.7. The number of hydrogen-bond donors (Lipinski definition) is 2. The minimum absolute atomic E-state index is 0.164. The number of aryl methyl sites for hydroxylation is 2. The number of hydrogen-bond acceptors (Lipinski definition) is 2. The number of amides is 1. The predicted octanol–water partition coefficient (Wildman–Crippen LogP) is 2.43. The van der Waals surface area contributed by atoms with Crippen molar-refractivity contribution < 1.29 is 4.79 Å². The molecule has 20 heavy (non-hydrogen) atoms. The van der Waals surface area contributed by atoms with Crippen molar-refractivity contribution >= 4 is 5.91 Å². The number of rotatable bonds is 5. The molecule has 1 aromatic rings. The number of piperidine rings is 1. The van der Waals surface area contributed by atoms with E-state index in [-0.39, 0.29) is 11.3 Å². The van der Waals surface area contributed by atoms with Gasteiger partial charge in [0.05, 0.1) is 0 Å². The molecule has 2 N–H and O–H groups in total. The van der Waals surface area contributed by atoms with Crippen molar-refractivity contribution in [1.29, 1.82) is 0 Å². The maximum absolute atomic E-state index is 11.9. The van der Waals surface area contributed by atoms with E-state index in [2.05, 4.69) is 48.7 Å². The van der Waals surface area contributed by atoms with Crippen LogP contribution in [-0.2, 0) is 11.2 Å². The van der Waals surface area contributed by atoms with Gasteiger partial charge in [0.15, 0.2) is 0 Å². The van der Waals surface area contributed by atoms with Crippen LogP contribution in [0, 0.1) is 12.3 Å². The standard InChI is InChI=1S/C17H26N2O/c1-14-4-6-15(7-5-14)8-9-16(20)19-13-17(2)10-3-11-18-12-17/h4-7,18H,3,8-13H2,1-2H3,(H,19,20). The van der Waals surface area contributed by atoms with E-state index in [1.807, 2.05) is 0 Å². The largest absolute Gasteiger partial charge is 0.355 e. The highest BCUT2D eigenvalue weighted by atomic mass is 16.1. The molecule has 0 saturated carbocycles. The van der Waals surface area contributed by atoms with Crippen molar-refractivity contribution in [2.75, 3.05) is 19.6 Å². The summed E-state index contributed by atoms with van der Waals surface area (Å²) in [7, 11) is 0. The Hall–Kier alpha value is -1.35. The fourth-order valence-electron chi connectivity index (χ4n) is 2.68. The third kappa shape index (κ3) is 4.64. The van der Waals surface area contributed by atoms with Crippen molar-refractivity contribution in [3.8, 4) is 0 Å². The Morgan fingerprint density at radius 3 is 2.75 bits per heavy atom. The topological polar surface area (TPSA) is 41.1 Å². The molecule has 2 rings (SSSR count). The molecular weight excluding hydrogens is 248 g/mol. The Morgan fingerprint density at radius 1 is 1.35 bits per heavy atom. The second kappa shape index (κ2) is 6.89. The van der Waals surface area contributed by atoms with Crippen LogP contribution < -0.4 is 10.6 Å². The normalized spacial score (nSPS) is 22.5. The molecule has 1 atom stereocenters. The Bertz CT molecular complexity index is 433. The molecule has 0 aromatic heterocycles. The second-order valence-corrected chi connectivity index (χ2v) is 6.35. The molecular formula is C17H26N2O. The number of nitrogens with one attached hydrogen (secondary N) is 2. The zero-order chi connectivity index (χ0) is 14.4. The van der Waals surface area contributed by atoms with E-state index in [9.17, 15) is 4.79 Å². The summed E-state index contributed by atoms with van der Waals surface area (Å²) in [6, 6.07) is 8.41. The summed E-state index contributed by atoms with van der Waals surface area (Å²) in [5, 5.41) is 6.51. The molecule has 1 fully saturated rings. The fraction of sp³-hybridized carbons (Fsp3) is 0.588. The summed E-state index contributed by atoms with van der Waals surface area (Å²) in [4.78, 5) is 11.9. The summed E-state index contributed by atoms with van der Waals surface area (Å²) in [5.41, 5.74) is 2.71. The minimum Gasteiger partial charge on any atom is -0.355 e. The van der Waals surface area contributed by atoms with Crippen molar-refractivity contribution in [2.45, 2.75) is 39.5 Å². The molecule has 1 unspecified atom stereocenters. The average molecular weight is 274 g/mol. The van der Waals surface area contributed by atoms with Gasteiger partial charge in [0.25, 0.3) is 0 Å². The Morgan fingerprint density at radius 2 is 2.10 bits per heavy atom. The number of carbonyl (C=O) groups excluding carboxylic acids is 1. The van der Waals surface area contributed by atoms with Gasteiger partial charge in [-0.3, -0.25) is 4.79 Å². The highest BCUT2D eigenvalue weighted by molar-refractivity contribution is 5.76. The SMILES string of the molecule is Cc1ccc(CCC(=O)NCC2(C)CCCNC2)cc1. The van der Waals surface area contributed by atoms with E-state index in [1.165, 1.54) is 24.0 Å². The van der Waals surface area contributed by atoms with Gasteiger partial charge in [-0.05, 0) is 43.7 Å². The Balaban J connectivity index is 1.71. The maximum atomic E-state index is 11.9. The summed E-state index contributed by atoms with van der Waals surface area (Å²) < 4.78 is 0. The van der Waals surface area contributed by atoms with E-state index in [4.69, 9.17) is 0 Å². The lowest BCUT2D eigenvalue weighted by atomic mass is 9.83. The molecule has 0 bridgehead atoms. The van der Waals surface area contributed by atoms with Gasteiger partial charge in [-0.25, -0.2) is 0 Å². The van der Waals surface area contributed by atoms with E-state index >= 15 is 0 Å². The second-order valence-electron chi connectivity index (χ2n) is 6.35. The van der Waals surface area contributed by atoms with Gasteiger partial charge < -0.3 is 10.6 Å². The monoisotopic (exact) mass is 274 g/mol. The quantitative estimate of drug-likeness (QED) is 0.866. The zero-order valence-electron chi connectivity index (χ0n) is 12.7. The van der Waals surface area contributed by atoms with Gasteiger partial charge >= 0.3 is 0 Å². The molecule has 1 aromatic carbocycles. The van der Waals surface area contributed by atoms with Crippen LogP contribution in [0.3, 0.4) is 0 Å². The molecule has 0 radical (unpaired) electrons. The smallest absolute Gasteiger partial charge is 0.220 e. The lowest BCUT2D eigenvalue weighted by Crippen LogP contribution is -2.45. The third-order valence-electron chi connectivity index (χ3n) is 4.16. The maximum Gasteiger partial charge on any atom is 0.220 e. The van der Waals surface area contributed by atoms with Gasteiger partial charge in [0, 0.05) is 19.5 Å². The first-order valence-corrected chi connectivity index (χ1v) is 7.60. The highest BCUT2D eigenvalue weighted by Crippen LogP contribution is 2.24. The first-order chi connectivity index (χ1) is 9.57. The van der Waals surface area contributed by atoms with E-state index < -0.39 is 0 Å². The third-order valence-corrected chi connectivity index (χ3v) is 4.16. The van der Waals surface area contributed by atoms with Crippen LogP contribution in [0.5, 0.6) is 0 Å². The van der Waals surface area contributed by atoms with Crippen molar-refractivity contribution in [1.82, 2.24) is 10.6 Å². The van der Waals surface area contributed by atoms with Crippen molar-refractivity contribution in [2.24, 2.45) is 5.41 Å². The van der Waals surface area contributed by atoms with Crippen LogP contribution in [0.15, 0.2) is 24.3 Å². The molecule has 1 aliphatic heterocycles. The van der Waals surface area contributed by atoms with Gasteiger partial charge in [-0.1, -0.05) is 36.8 Å². The van der Waals surface area contributed by atoms with Gasteiger partial charge in [0.2, 0.25) is 5.91 Å². The van der Waals surface area contributed by atoms with Crippen LogP contribution in [0.2, 0.25) is 0 Å². The fourth-order valence-corrected chi connectivity index (χ4v) is 2.68. The molecule has 3 heteroatoms. The summed E-state index contributed by atoms with van der Waals surface area (Å²) in [6.45, 7) is 7.23.